The molecule has 19 heavy (non-hydrogen) atoms. The van der Waals surface area contributed by atoms with Crippen molar-refractivity contribution in [2.75, 3.05) is 6.61 Å². The summed E-state index contributed by atoms with van der Waals surface area (Å²) >= 11 is 2.35. The number of ether oxygens (including phenoxy) is 1. The van der Waals surface area contributed by atoms with Crippen molar-refractivity contribution < 1.29 is 4.74 Å². The molecule has 0 radical (unpaired) electrons. The average Bonchev–Trinajstić information content (AvgIpc) is 2.82. The Kier molecular flexibility index (Phi) is 4.18. The molecule has 1 aliphatic rings. The summed E-state index contributed by atoms with van der Waals surface area (Å²) in [4.78, 5) is 0. The molecule has 1 atom stereocenters. The van der Waals surface area contributed by atoms with Crippen LogP contribution in [-0.2, 0) is 11.2 Å². The van der Waals surface area contributed by atoms with Gasteiger partial charge in [0, 0.05) is 13.0 Å². The van der Waals surface area contributed by atoms with Crippen LogP contribution in [0.4, 0.5) is 0 Å². The lowest BCUT2D eigenvalue weighted by Crippen LogP contribution is -2.20. The molecule has 100 valence electrons. The molecule has 2 aromatic rings. The Labute approximate surface area is 127 Å². The average molecular weight is 368 g/mol. The summed E-state index contributed by atoms with van der Waals surface area (Å²) in [6, 6.07) is 12.6. The first-order valence-corrected chi connectivity index (χ1v) is 7.80. The molecule has 1 fully saturated rings. The van der Waals surface area contributed by atoms with Crippen molar-refractivity contribution >= 4 is 22.6 Å². The third-order valence-electron chi connectivity index (χ3n) is 3.40. The largest absolute Gasteiger partial charge is 0.356 e. The molecular formula is C15H17IN2O. The van der Waals surface area contributed by atoms with Gasteiger partial charge in [0.25, 0.3) is 0 Å². The Morgan fingerprint density at radius 1 is 1.26 bits per heavy atom. The van der Waals surface area contributed by atoms with Crippen LogP contribution in [0.25, 0.3) is 0 Å². The minimum Gasteiger partial charge on any atom is -0.356 e. The lowest BCUT2D eigenvalue weighted by Gasteiger charge is -2.23. The lowest BCUT2D eigenvalue weighted by molar-refractivity contribution is -0.0412. The van der Waals surface area contributed by atoms with Crippen LogP contribution in [0.2, 0.25) is 0 Å². The number of benzene rings is 1. The maximum Gasteiger partial charge on any atom is 0.151 e. The van der Waals surface area contributed by atoms with Crippen molar-refractivity contribution in [3.05, 3.63) is 51.4 Å². The monoisotopic (exact) mass is 368 g/mol. The van der Waals surface area contributed by atoms with E-state index >= 15 is 0 Å². The zero-order chi connectivity index (χ0) is 13.1. The summed E-state index contributed by atoms with van der Waals surface area (Å²) in [5, 5.41) is 4.71. The molecule has 1 unspecified atom stereocenters. The van der Waals surface area contributed by atoms with Crippen LogP contribution in [0.3, 0.4) is 0 Å². The highest BCUT2D eigenvalue weighted by Crippen LogP contribution is 2.25. The lowest BCUT2D eigenvalue weighted by atomic mass is 10.1. The van der Waals surface area contributed by atoms with Crippen molar-refractivity contribution in [2.24, 2.45) is 0 Å². The molecule has 3 nitrogen and oxygen atoms in total. The van der Waals surface area contributed by atoms with E-state index in [0.717, 1.165) is 28.8 Å². The second kappa shape index (κ2) is 6.05. The molecule has 0 aliphatic carbocycles. The molecule has 2 heterocycles. The first-order chi connectivity index (χ1) is 9.33. The molecular weight excluding hydrogens is 351 g/mol. The fourth-order valence-corrected chi connectivity index (χ4v) is 3.21. The number of nitrogens with zero attached hydrogens (tertiary/aromatic N) is 2. The summed E-state index contributed by atoms with van der Waals surface area (Å²) in [6.45, 7) is 0.856. The van der Waals surface area contributed by atoms with Crippen LogP contribution in [-0.4, -0.2) is 16.4 Å². The number of hydrogen-bond donors (Lipinski definition) is 0. The number of rotatable bonds is 3. The summed E-state index contributed by atoms with van der Waals surface area (Å²) in [5.41, 5.74) is 2.41. The second-order valence-corrected chi connectivity index (χ2v) is 5.99. The minimum atomic E-state index is 0.130. The van der Waals surface area contributed by atoms with E-state index in [1.165, 1.54) is 18.4 Å². The van der Waals surface area contributed by atoms with Crippen molar-refractivity contribution in [3.8, 4) is 0 Å². The Morgan fingerprint density at radius 3 is 2.84 bits per heavy atom. The van der Waals surface area contributed by atoms with Gasteiger partial charge in [0.2, 0.25) is 0 Å². The second-order valence-electron chi connectivity index (χ2n) is 4.89. The summed E-state index contributed by atoms with van der Waals surface area (Å²) in [7, 11) is 0. The molecule has 1 aliphatic heterocycles. The summed E-state index contributed by atoms with van der Waals surface area (Å²) in [5.74, 6) is 0. The van der Waals surface area contributed by atoms with Crippen molar-refractivity contribution in [1.82, 2.24) is 9.78 Å². The van der Waals surface area contributed by atoms with E-state index in [9.17, 15) is 0 Å². The smallest absolute Gasteiger partial charge is 0.151 e. The minimum absolute atomic E-state index is 0.130. The number of halogens is 1. The third-order valence-corrected chi connectivity index (χ3v) is 4.20. The van der Waals surface area contributed by atoms with Crippen LogP contribution in [0.15, 0.2) is 36.4 Å². The van der Waals surface area contributed by atoms with Crippen molar-refractivity contribution in [1.29, 1.82) is 0 Å². The summed E-state index contributed by atoms with van der Waals surface area (Å²) < 4.78 is 9.01. The quantitative estimate of drug-likeness (QED) is 0.772. The van der Waals surface area contributed by atoms with Crippen LogP contribution in [0, 0.1) is 3.70 Å². The molecule has 3 rings (SSSR count). The Hall–Kier alpha value is -0.880. The zero-order valence-electron chi connectivity index (χ0n) is 10.8. The molecule has 0 spiro atoms. The first kappa shape index (κ1) is 13.1. The van der Waals surface area contributed by atoms with Gasteiger partial charge in [-0.1, -0.05) is 30.3 Å². The molecule has 1 aromatic heterocycles. The van der Waals surface area contributed by atoms with Gasteiger partial charge in [-0.3, -0.25) is 0 Å². The number of hydrogen-bond acceptors (Lipinski definition) is 2. The molecule has 0 N–H and O–H groups in total. The van der Waals surface area contributed by atoms with E-state index in [4.69, 9.17) is 9.84 Å². The van der Waals surface area contributed by atoms with E-state index < -0.39 is 0 Å². The Balaban J connectivity index is 1.77. The predicted octanol–water partition coefficient (Wildman–Crippen LogP) is 3.78. The third kappa shape index (κ3) is 3.17. The molecule has 1 saturated heterocycles. The standard InChI is InChI=1S/C15H17IN2O/c16-14-11-13(10-12-6-2-1-3-7-12)17-18(14)15-8-4-5-9-19-15/h1-3,6-7,11,15H,4-5,8-10H2. The predicted molar refractivity (Wildman–Crippen MR) is 83.0 cm³/mol. The molecule has 0 saturated carbocycles. The van der Waals surface area contributed by atoms with E-state index in [1.54, 1.807) is 0 Å². The fraction of sp³-hybridized carbons (Fsp3) is 0.400. The van der Waals surface area contributed by atoms with Gasteiger partial charge in [-0.05, 0) is 53.5 Å². The topological polar surface area (TPSA) is 27.1 Å². The van der Waals surface area contributed by atoms with E-state index in [1.807, 2.05) is 10.7 Å². The first-order valence-electron chi connectivity index (χ1n) is 6.72. The van der Waals surface area contributed by atoms with Gasteiger partial charge in [0.15, 0.2) is 6.23 Å². The van der Waals surface area contributed by atoms with Gasteiger partial charge in [-0.15, -0.1) is 0 Å². The van der Waals surface area contributed by atoms with Crippen molar-refractivity contribution in [3.63, 3.8) is 0 Å². The van der Waals surface area contributed by atoms with Gasteiger partial charge in [0.05, 0.1) is 5.69 Å². The highest BCUT2D eigenvalue weighted by molar-refractivity contribution is 14.1. The van der Waals surface area contributed by atoms with Crippen LogP contribution in [0.1, 0.15) is 36.7 Å². The maximum atomic E-state index is 5.80. The highest BCUT2D eigenvalue weighted by atomic mass is 127. The van der Waals surface area contributed by atoms with E-state index in [2.05, 4.69) is 52.9 Å². The van der Waals surface area contributed by atoms with Gasteiger partial charge >= 0.3 is 0 Å². The Morgan fingerprint density at radius 2 is 2.11 bits per heavy atom. The maximum absolute atomic E-state index is 5.80. The Bertz CT molecular complexity index is 532. The molecule has 4 heteroatoms. The van der Waals surface area contributed by atoms with Crippen molar-refractivity contribution in [2.45, 2.75) is 31.9 Å². The summed E-state index contributed by atoms with van der Waals surface area (Å²) in [6.07, 6.45) is 4.49. The van der Waals surface area contributed by atoms with Gasteiger partial charge < -0.3 is 4.74 Å². The van der Waals surface area contributed by atoms with Crippen LogP contribution in [0.5, 0.6) is 0 Å². The SMILES string of the molecule is Ic1cc(Cc2ccccc2)nn1C1CCCCO1. The van der Waals surface area contributed by atoms with E-state index in [0.29, 0.717) is 0 Å². The highest BCUT2D eigenvalue weighted by Gasteiger charge is 2.19. The molecule has 1 aromatic carbocycles. The molecule has 0 bridgehead atoms. The van der Waals surface area contributed by atoms with Gasteiger partial charge in [0.1, 0.15) is 3.70 Å². The molecule has 0 amide bonds. The normalized spacial score (nSPS) is 19.5. The van der Waals surface area contributed by atoms with Crippen LogP contribution < -0.4 is 0 Å². The van der Waals surface area contributed by atoms with E-state index in [-0.39, 0.29) is 6.23 Å². The van der Waals surface area contributed by atoms with Crippen LogP contribution >= 0.6 is 22.6 Å². The fourth-order valence-electron chi connectivity index (χ4n) is 2.43. The zero-order valence-corrected chi connectivity index (χ0v) is 12.9. The number of aromatic nitrogens is 2. The van der Waals surface area contributed by atoms with Gasteiger partial charge in [-0.2, -0.15) is 5.10 Å². The van der Waals surface area contributed by atoms with Gasteiger partial charge in [-0.25, -0.2) is 4.68 Å².